The van der Waals surface area contributed by atoms with Gasteiger partial charge in [-0.25, -0.2) is 4.98 Å². The van der Waals surface area contributed by atoms with Crippen LogP contribution in [-0.2, 0) is 12.0 Å². The molecule has 0 aliphatic carbocycles. The zero-order valence-electron chi connectivity index (χ0n) is 12.7. The largest absolute Gasteiger partial charge is 0.481 e. The van der Waals surface area contributed by atoms with Crippen molar-refractivity contribution in [2.24, 2.45) is 0 Å². The Balaban J connectivity index is 2.98. The highest BCUT2D eigenvalue weighted by Gasteiger charge is 2.18. The van der Waals surface area contributed by atoms with Crippen LogP contribution in [0.25, 0.3) is 0 Å². The molecule has 0 fully saturated rings. The minimum atomic E-state index is 0.0328. The molecule has 1 aromatic heterocycles. The van der Waals surface area contributed by atoms with Gasteiger partial charge in [-0.15, -0.1) is 0 Å². The molecule has 1 aromatic rings. The number of hydrogen-bond donors (Lipinski definition) is 1. The highest BCUT2D eigenvalue weighted by molar-refractivity contribution is 5.28. The summed E-state index contributed by atoms with van der Waals surface area (Å²) in [6.07, 6.45) is 0. The van der Waals surface area contributed by atoms with E-state index < -0.39 is 0 Å². The molecule has 1 rings (SSSR count). The molecule has 1 heterocycles. The standard InChI is InChI=1S/C15H26N2O/c1-14(2,3)12-8-11(9-13(17-12)18-7)10-16-15(4,5)6/h8-9,16H,10H2,1-7H3. The van der Waals surface area contributed by atoms with E-state index in [-0.39, 0.29) is 11.0 Å². The minimum absolute atomic E-state index is 0.0328. The summed E-state index contributed by atoms with van der Waals surface area (Å²) in [6.45, 7) is 13.8. The summed E-state index contributed by atoms with van der Waals surface area (Å²) >= 11 is 0. The second-order valence-electron chi connectivity index (χ2n) is 6.76. The number of hydrogen-bond acceptors (Lipinski definition) is 3. The molecule has 102 valence electrons. The van der Waals surface area contributed by atoms with Crippen LogP contribution >= 0.6 is 0 Å². The summed E-state index contributed by atoms with van der Waals surface area (Å²) in [7, 11) is 1.66. The fourth-order valence-electron chi connectivity index (χ4n) is 1.52. The third kappa shape index (κ3) is 4.65. The molecule has 1 N–H and O–H groups in total. The van der Waals surface area contributed by atoms with Crippen LogP contribution in [0.15, 0.2) is 12.1 Å². The average Bonchev–Trinajstić information content (AvgIpc) is 2.24. The van der Waals surface area contributed by atoms with Crippen molar-refractivity contribution in [3.8, 4) is 5.88 Å². The summed E-state index contributed by atoms with van der Waals surface area (Å²) in [4.78, 5) is 4.52. The number of pyridine rings is 1. The van der Waals surface area contributed by atoms with E-state index in [9.17, 15) is 0 Å². The second-order valence-corrected chi connectivity index (χ2v) is 6.76. The lowest BCUT2D eigenvalue weighted by atomic mass is 9.90. The van der Waals surface area contributed by atoms with E-state index in [1.807, 2.05) is 6.07 Å². The monoisotopic (exact) mass is 250 g/mol. The maximum Gasteiger partial charge on any atom is 0.213 e. The van der Waals surface area contributed by atoms with Crippen molar-refractivity contribution in [1.29, 1.82) is 0 Å². The molecular formula is C15H26N2O. The summed E-state index contributed by atoms with van der Waals surface area (Å²) in [6, 6.07) is 4.15. The van der Waals surface area contributed by atoms with Crippen LogP contribution in [0.3, 0.4) is 0 Å². The molecule has 0 aliphatic heterocycles. The van der Waals surface area contributed by atoms with Crippen LogP contribution in [0, 0.1) is 0 Å². The Morgan fingerprint density at radius 1 is 1.11 bits per heavy atom. The first-order valence-electron chi connectivity index (χ1n) is 6.42. The highest BCUT2D eigenvalue weighted by Crippen LogP contribution is 2.24. The van der Waals surface area contributed by atoms with Gasteiger partial charge in [-0.05, 0) is 32.4 Å². The van der Waals surface area contributed by atoms with Crippen LogP contribution in [0.5, 0.6) is 5.88 Å². The van der Waals surface area contributed by atoms with Gasteiger partial charge in [0.2, 0.25) is 5.88 Å². The van der Waals surface area contributed by atoms with Crippen LogP contribution in [0.4, 0.5) is 0 Å². The maximum absolute atomic E-state index is 5.28. The van der Waals surface area contributed by atoms with Gasteiger partial charge < -0.3 is 10.1 Å². The van der Waals surface area contributed by atoms with Gasteiger partial charge >= 0.3 is 0 Å². The van der Waals surface area contributed by atoms with Gasteiger partial charge in [0.15, 0.2) is 0 Å². The van der Waals surface area contributed by atoms with Gasteiger partial charge in [0.25, 0.3) is 0 Å². The van der Waals surface area contributed by atoms with E-state index in [4.69, 9.17) is 4.74 Å². The number of rotatable bonds is 3. The Kier molecular flexibility index (Phi) is 4.38. The third-order valence-corrected chi connectivity index (χ3v) is 2.66. The van der Waals surface area contributed by atoms with E-state index in [2.05, 4.69) is 57.9 Å². The van der Waals surface area contributed by atoms with Gasteiger partial charge in [-0.2, -0.15) is 0 Å². The SMILES string of the molecule is COc1cc(CNC(C)(C)C)cc(C(C)(C)C)n1. The predicted octanol–water partition coefficient (Wildman–Crippen LogP) is 3.28. The van der Waals surface area contributed by atoms with Crippen molar-refractivity contribution in [1.82, 2.24) is 10.3 Å². The van der Waals surface area contributed by atoms with E-state index in [0.717, 1.165) is 12.2 Å². The first-order chi connectivity index (χ1) is 8.12. The summed E-state index contributed by atoms with van der Waals surface area (Å²) in [5.41, 5.74) is 2.41. The number of aromatic nitrogens is 1. The van der Waals surface area contributed by atoms with Crippen molar-refractivity contribution < 1.29 is 4.74 Å². The number of methoxy groups -OCH3 is 1. The van der Waals surface area contributed by atoms with Crippen LogP contribution in [0.1, 0.15) is 52.8 Å². The fraction of sp³-hybridized carbons (Fsp3) is 0.667. The lowest BCUT2D eigenvalue weighted by Crippen LogP contribution is -2.35. The zero-order valence-corrected chi connectivity index (χ0v) is 12.7. The van der Waals surface area contributed by atoms with Crippen molar-refractivity contribution >= 4 is 0 Å². The van der Waals surface area contributed by atoms with Crippen LogP contribution in [0.2, 0.25) is 0 Å². The average molecular weight is 250 g/mol. The molecule has 0 saturated carbocycles. The minimum Gasteiger partial charge on any atom is -0.481 e. The molecule has 0 unspecified atom stereocenters. The molecule has 0 saturated heterocycles. The number of nitrogens with one attached hydrogen (secondary N) is 1. The molecule has 0 radical (unpaired) electrons. The second kappa shape index (κ2) is 5.27. The Labute approximate surface area is 111 Å². The van der Waals surface area contributed by atoms with Crippen LogP contribution in [-0.4, -0.2) is 17.6 Å². The van der Waals surface area contributed by atoms with E-state index in [1.165, 1.54) is 5.56 Å². The van der Waals surface area contributed by atoms with Crippen molar-refractivity contribution in [2.75, 3.05) is 7.11 Å². The molecule has 0 aliphatic rings. The summed E-state index contributed by atoms with van der Waals surface area (Å²) < 4.78 is 5.28. The van der Waals surface area contributed by atoms with E-state index in [0.29, 0.717) is 5.88 Å². The molecule has 18 heavy (non-hydrogen) atoms. The topological polar surface area (TPSA) is 34.1 Å². The first kappa shape index (κ1) is 15.0. The zero-order chi connectivity index (χ0) is 14.0. The van der Waals surface area contributed by atoms with Crippen LogP contribution < -0.4 is 10.1 Å². The first-order valence-corrected chi connectivity index (χ1v) is 6.42. The van der Waals surface area contributed by atoms with Gasteiger partial charge in [0.05, 0.1) is 12.8 Å². The lowest BCUT2D eigenvalue weighted by Gasteiger charge is -2.23. The Bertz CT molecular complexity index is 400. The molecule has 0 spiro atoms. The molecule has 0 aromatic carbocycles. The van der Waals surface area contributed by atoms with Crippen molar-refractivity contribution in [2.45, 2.75) is 59.0 Å². The number of nitrogens with zero attached hydrogens (tertiary/aromatic N) is 1. The molecule has 0 bridgehead atoms. The Morgan fingerprint density at radius 3 is 2.17 bits per heavy atom. The predicted molar refractivity (Wildman–Crippen MR) is 76.1 cm³/mol. The summed E-state index contributed by atoms with van der Waals surface area (Å²) in [5, 5.41) is 3.48. The Hall–Kier alpha value is -1.09. The normalized spacial score (nSPS) is 12.6. The number of ether oxygens (including phenoxy) is 1. The maximum atomic E-state index is 5.28. The quantitative estimate of drug-likeness (QED) is 0.894. The highest BCUT2D eigenvalue weighted by atomic mass is 16.5. The molecule has 0 atom stereocenters. The van der Waals surface area contributed by atoms with Gasteiger partial charge in [-0.1, -0.05) is 20.8 Å². The Morgan fingerprint density at radius 2 is 1.72 bits per heavy atom. The molecule has 3 nitrogen and oxygen atoms in total. The summed E-state index contributed by atoms with van der Waals surface area (Å²) in [5.74, 6) is 0.688. The van der Waals surface area contributed by atoms with Crippen molar-refractivity contribution in [3.63, 3.8) is 0 Å². The van der Waals surface area contributed by atoms with E-state index in [1.54, 1.807) is 7.11 Å². The van der Waals surface area contributed by atoms with Gasteiger partial charge in [0.1, 0.15) is 0 Å². The van der Waals surface area contributed by atoms with E-state index >= 15 is 0 Å². The molecule has 3 heteroatoms. The van der Waals surface area contributed by atoms with Gasteiger partial charge in [0, 0.05) is 23.6 Å². The lowest BCUT2D eigenvalue weighted by molar-refractivity contribution is 0.388. The van der Waals surface area contributed by atoms with Crippen molar-refractivity contribution in [3.05, 3.63) is 23.4 Å². The molecule has 0 amide bonds. The fourth-order valence-corrected chi connectivity index (χ4v) is 1.52. The third-order valence-electron chi connectivity index (χ3n) is 2.66. The molecular weight excluding hydrogens is 224 g/mol. The van der Waals surface area contributed by atoms with Gasteiger partial charge in [-0.3, -0.25) is 0 Å². The smallest absolute Gasteiger partial charge is 0.213 e.